The predicted molar refractivity (Wildman–Crippen MR) is 71.2 cm³/mol. The van der Waals surface area contributed by atoms with Crippen LogP contribution in [0.5, 0.6) is 0 Å². The molecule has 0 bridgehead atoms. The summed E-state index contributed by atoms with van der Waals surface area (Å²) >= 11 is 6.09. The lowest BCUT2D eigenvalue weighted by molar-refractivity contribution is -0.132. The van der Waals surface area contributed by atoms with Gasteiger partial charge in [0.15, 0.2) is 0 Å². The lowest BCUT2D eigenvalue weighted by Gasteiger charge is -2.32. The first-order chi connectivity index (χ1) is 8.16. The number of hydrogen-bond donors (Lipinski definition) is 1. The number of halogens is 1. The number of carbonyl (C=O) groups excluding carboxylic acids is 1. The maximum absolute atomic E-state index is 12.4. The van der Waals surface area contributed by atoms with Gasteiger partial charge in [-0.05, 0) is 44.9 Å². The molecule has 2 fully saturated rings. The molecule has 2 rings (SSSR count). The molecule has 0 saturated heterocycles. The van der Waals surface area contributed by atoms with Crippen molar-refractivity contribution in [3.05, 3.63) is 0 Å². The molecule has 0 unspecified atom stereocenters. The van der Waals surface area contributed by atoms with Gasteiger partial charge in [0, 0.05) is 16.8 Å². The number of carbonyl (C=O) groups is 1. The van der Waals surface area contributed by atoms with Crippen molar-refractivity contribution in [3.63, 3.8) is 0 Å². The molecule has 0 aliphatic heterocycles. The summed E-state index contributed by atoms with van der Waals surface area (Å²) in [5.41, 5.74) is -0.0438. The minimum absolute atomic E-state index is 0.0438. The second-order valence-electron chi connectivity index (χ2n) is 5.76. The molecule has 0 heterocycles. The van der Waals surface area contributed by atoms with Crippen molar-refractivity contribution in [2.75, 3.05) is 0 Å². The molecule has 0 radical (unpaired) electrons. The first kappa shape index (κ1) is 13.2. The van der Waals surface area contributed by atoms with Crippen LogP contribution in [0.15, 0.2) is 0 Å². The Morgan fingerprint density at radius 3 is 2.35 bits per heavy atom. The first-order valence-electron chi connectivity index (χ1n) is 7.11. The average Bonchev–Trinajstić information content (AvgIpc) is 2.82. The van der Waals surface area contributed by atoms with E-state index in [-0.39, 0.29) is 5.41 Å². The van der Waals surface area contributed by atoms with Gasteiger partial charge in [0.2, 0.25) is 5.91 Å². The van der Waals surface area contributed by atoms with Crippen molar-refractivity contribution in [2.24, 2.45) is 5.41 Å². The smallest absolute Gasteiger partial charge is 0.226 e. The number of alkyl halides is 1. The number of amides is 1. The van der Waals surface area contributed by atoms with Crippen LogP contribution in [-0.4, -0.2) is 17.3 Å². The molecule has 17 heavy (non-hydrogen) atoms. The Hall–Kier alpha value is -0.240. The topological polar surface area (TPSA) is 29.1 Å². The van der Waals surface area contributed by atoms with E-state index in [1.54, 1.807) is 0 Å². The van der Waals surface area contributed by atoms with Gasteiger partial charge >= 0.3 is 0 Å². The van der Waals surface area contributed by atoms with E-state index >= 15 is 0 Å². The highest BCUT2D eigenvalue weighted by Gasteiger charge is 2.40. The van der Waals surface area contributed by atoms with Crippen molar-refractivity contribution in [1.82, 2.24) is 5.32 Å². The fourth-order valence-corrected chi connectivity index (χ4v) is 3.58. The number of nitrogens with one attached hydrogen (secondary N) is 1. The molecule has 0 atom stereocenters. The fourth-order valence-electron chi connectivity index (χ4n) is 3.33. The van der Waals surface area contributed by atoms with Crippen LogP contribution in [-0.2, 0) is 4.79 Å². The lowest BCUT2D eigenvalue weighted by atomic mass is 9.81. The summed E-state index contributed by atoms with van der Waals surface area (Å²) in [6.07, 6.45) is 9.80. The number of rotatable bonds is 3. The standard InChI is InChI=1S/C14H24ClNO/c1-2-14(9-3-4-10-14)13(17)16-12-7-5-11(15)6-8-12/h11-12H,2-10H2,1H3,(H,16,17). The van der Waals surface area contributed by atoms with Gasteiger partial charge in [-0.1, -0.05) is 19.8 Å². The summed E-state index contributed by atoms with van der Waals surface area (Å²) in [7, 11) is 0. The van der Waals surface area contributed by atoms with Gasteiger partial charge in [-0.2, -0.15) is 0 Å². The fraction of sp³-hybridized carbons (Fsp3) is 0.929. The highest BCUT2D eigenvalue weighted by atomic mass is 35.5. The Labute approximate surface area is 109 Å². The Morgan fingerprint density at radius 1 is 1.24 bits per heavy atom. The molecule has 3 heteroatoms. The zero-order valence-electron chi connectivity index (χ0n) is 10.8. The molecule has 0 aromatic rings. The summed E-state index contributed by atoms with van der Waals surface area (Å²) in [6, 6.07) is 0.376. The summed E-state index contributed by atoms with van der Waals surface area (Å²) in [6.45, 7) is 2.15. The van der Waals surface area contributed by atoms with Gasteiger partial charge in [0.25, 0.3) is 0 Å². The molecule has 0 aromatic heterocycles. The van der Waals surface area contributed by atoms with E-state index in [1.807, 2.05) is 0 Å². The van der Waals surface area contributed by atoms with Crippen LogP contribution in [0.3, 0.4) is 0 Å². The third-order valence-electron chi connectivity index (χ3n) is 4.71. The van der Waals surface area contributed by atoms with E-state index in [0.717, 1.165) is 44.9 Å². The van der Waals surface area contributed by atoms with E-state index in [1.165, 1.54) is 12.8 Å². The van der Waals surface area contributed by atoms with Crippen molar-refractivity contribution in [1.29, 1.82) is 0 Å². The molecule has 1 N–H and O–H groups in total. The summed E-state index contributed by atoms with van der Waals surface area (Å²) < 4.78 is 0. The molecule has 0 aromatic carbocycles. The SMILES string of the molecule is CCC1(C(=O)NC2CCC(Cl)CC2)CCCC1. The van der Waals surface area contributed by atoms with Crippen LogP contribution in [0, 0.1) is 5.41 Å². The van der Waals surface area contributed by atoms with E-state index in [2.05, 4.69) is 12.2 Å². The first-order valence-corrected chi connectivity index (χ1v) is 7.55. The minimum Gasteiger partial charge on any atom is -0.353 e. The molecule has 0 spiro atoms. The van der Waals surface area contributed by atoms with Crippen LogP contribution >= 0.6 is 11.6 Å². The van der Waals surface area contributed by atoms with Gasteiger partial charge in [0.1, 0.15) is 0 Å². The molecule has 1 amide bonds. The summed E-state index contributed by atoms with van der Waals surface area (Å²) in [4.78, 5) is 12.4. The lowest BCUT2D eigenvalue weighted by Crippen LogP contribution is -2.45. The number of hydrogen-bond acceptors (Lipinski definition) is 1. The highest BCUT2D eigenvalue weighted by molar-refractivity contribution is 6.20. The van der Waals surface area contributed by atoms with E-state index in [4.69, 9.17) is 11.6 Å². The summed E-state index contributed by atoms with van der Waals surface area (Å²) in [5.74, 6) is 0.315. The van der Waals surface area contributed by atoms with Gasteiger partial charge in [-0.3, -0.25) is 4.79 Å². The van der Waals surface area contributed by atoms with Gasteiger partial charge in [-0.25, -0.2) is 0 Å². The zero-order chi connectivity index (χ0) is 12.3. The maximum Gasteiger partial charge on any atom is 0.226 e. The second kappa shape index (κ2) is 5.60. The van der Waals surface area contributed by atoms with Crippen molar-refractivity contribution in [2.45, 2.75) is 76.1 Å². The molecule has 98 valence electrons. The molecular weight excluding hydrogens is 234 g/mol. The Kier molecular flexibility index (Phi) is 4.35. The molecule has 2 aliphatic rings. The zero-order valence-corrected chi connectivity index (χ0v) is 11.6. The third kappa shape index (κ3) is 2.96. The maximum atomic E-state index is 12.4. The second-order valence-corrected chi connectivity index (χ2v) is 6.38. The third-order valence-corrected chi connectivity index (χ3v) is 5.15. The molecular formula is C14H24ClNO. The normalized spacial score (nSPS) is 32.4. The van der Waals surface area contributed by atoms with Crippen molar-refractivity contribution in [3.8, 4) is 0 Å². The highest BCUT2D eigenvalue weighted by Crippen LogP contribution is 2.41. The largest absolute Gasteiger partial charge is 0.353 e. The van der Waals surface area contributed by atoms with Crippen LogP contribution < -0.4 is 5.32 Å². The van der Waals surface area contributed by atoms with Crippen molar-refractivity contribution < 1.29 is 4.79 Å². The summed E-state index contributed by atoms with van der Waals surface area (Å²) in [5, 5.41) is 3.60. The van der Waals surface area contributed by atoms with Crippen LogP contribution in [0.25, 0.3) is 0 Å². The van der Waals surface area contributed by atoms with E-state index in [9.17, 15) is 4.79 Å². The molecule has 2 nitrogen and oxygen atoms in total. The van der Waals surface area contributed by atoms with Gasteiger partial charge in [0.05, 0.1) is 0 Å². The van der Waals surface area contributed by atoms with Crippen LogP contribution in [0.4, 0.5) is 0 Å². The van der Waals surface area contributed by atoms with E-state index in [0.29, 0.717) is 17.3 Å². The molecule has 2 saturated carbocycles. The Bertz CT molecular complexity index is 265. The average molecular weight is 258 g/mol. The quantitative estimate of drug-likeness (QED) is 0.769. The monoisotopic (exact) mass is 257 g/mol. The Balaban J connectivity index is 1.87. The van der Waals surface area contributed by atoms with E-state index < -0.39 is 0 Å². The minimum atomic E-state index is -0.0438. The van der Waals surface area contributed by atoms with Gasteiger partial charge in [-0.15, -0.1) is 11.6 Å². The predicted octanol–water partition coefficient (Wildman–Crippen LogP) is 3.62. The molecule has 2 aliphatic carbocycles. The van der Waals surface area contributed by atoms with Crippen molar-refractivity contribution >= 4 is 17.5 Å². The van der Waals surface area contributed by atoms with Gasteiger partial charge < -0.3 is 5.32 Å². The van der Waals surface area contributed by atoms with Crippen LogP contribution in [0.1, 0.15) is 64.7 Å². The van der Waals surface area contributed by atoms with Crippen LogP contribution in [0.2, 0.25) is 0 Å². The Morgan fingerprint density at radius 2 is 1.82 bits per heavy atom.